The first-order valence-electron chi connectivity index (χ1n) is 14.8. The Kier molecular flexibility index (Phi) is 11.3. The van der Waals surface area contributed by atoms with Gasteiger partial charge in [-0.1, -0.05) is 44.2 Å². The number of para-hydroxylation sites is 1. The second-order valence-corrected chi connectivity index (χ2v) is 10.4. The first kappa shape index (κ1) is 31.7. The number of aliphatic carboxylic acids is 1. The number of anilines is 1. The van der Waals surface area contributed by atoms with E-state index in [2.05, 4.69) is 14.5 Å². The smallest absolute Gasteiger partial charge is 0.341 e. The molecule has 0 unspecified atom stereocenters. The van der Waals surface area contributed by atoms with Gasteiger partial charge in [-0.15, -0.1) is 0 Å². The summed E-state index contributed by atoms with van der Waals surface area (Å²) in [6, 6.07) is 15.2. The van der Waals surface area contributed by atoms with Crippen molar-refractivity contribution in [3.8, 4) is 5.75 Å². The molecule has 43 heavy (non-hydrogen) atoms. The molecule has 4 rings (SSSR count). The van der Waals surface area contributed by atoms with Gasteiger partial charge in [0, 0.05) is 38.6 Å². The normalized spacial score (nSPS) is 11.4. The van der Waals surface area contributed by atoms with Crippen LogP contribution in [-0.2, 0) is 33.8 Å². The maximum Gasteiger partial charge on any atom is 0.341 e. The molecule has 2 aromatic carbocycles. The van der Waals surface area contributed by atoms with Crippen molar-refractivity contribution in [2.24, 2.45) is 0 Å². The number of nitrogens with zero attached hydrogens (tertiary/aromatic N) is 5. The molecule has 0 atom stereocenters. The minimum atomic E-state index is -1.04. The molecule has 0 aliphatic rings. The Balaban J connectivity index is 1.52. The van der Waals surface area contributed by atoms with Crippen LogP contribution >= 0.6 is 0 Å². The number of hydrogen-bond donors (Lipinski definition) is 2. The van der Waals surface area contributed by atoms with Gasteiger partial charge >= 0.3 is 5.97 Å². The highest BCUT2D eigenvalue weighted by molar-refractivity contribution is 6.06. The van der Waals surface area contributed by atoms with E-state index in [1.807, 2.05) is 55.1 Å². The molecule has 0 bridgehead atoms. The summed E-state index contributed by atoms with van der Waals surface area (Å²) in [4.78, 5) is 37.8. The van der Waals surface area contributed by atoms with Crippen molar-refractivity contribution in [1.29, 1.82) is 0 Å². The van der Waals surface area contributed by atoms with Crippen LogP contribution in [0.15, 0.2) is 48.5 Å². The Morgan fingerprint density at radius 3 is 2.58 bits per heavy atom. The van der Waals surface area contributed by atoms with Crippen LogP contribution in [0.3, 0.4) is 0 Å². The Hall–Kier alpha value is -4.22. The molecule has 230 valence electrons. The molecule has 0 aliphatic heterocycles. The van der Waals surface area contributed by atoms with Crippen molar-refractivity contribution in [2.45, 2.75) is 46.2 Å². The van der Waals surface area contributed by atoms with Gasteiger partial charge in [-0.25, -0.2) is 14.8 Å². The van der Waals surface area contributed by atoms with E-state index in [0.29, 0.717) is 56.3 Å². The third-order valence-corrected chi connectivity index (χ3v) is 7.52. The molecule has 2 heterocycles. The lowest BCUT2D eigenvalue weighted by Gasteiger charge is -2.27. The standard InChI is InChI=1S/C32H42N6O5/c1-4-36(5-2)21-28(39)37(20-23-11-10-12-24(19-23)43-22-29(40)41)16-8-9-17-38-27(15-18-42-3)35-30-31(38)25-13-6-7-14-26(25)34-32(30)33/h6-7,10-14,19H,4-5,8-9,15-18,20-22H2,1-3H3,(H2,33,34)(H,40,41). The first-order chi connectivity index (χ1) is 20.8. The molecule has 0 aliphatic carbocycles. The number of unbranched alkanes of at least 4 members (excludes halogenated alkanes) is 1. The highest BCUT2D eigenvalue weighted by atomic mass is 16.5. The lowest BCUT2D eigenvalue weighted by atomic mass is 10.1. The van der Waals surface area contributed by atoms with Crippen LogP contribution in [0.5, 0.6) is 5.75 Å². The van der Waals surface area contributed by atoms with E-state index >= 15 is 0 Å². The number of aryl methyl sites for hydroxylation is 1. The van der Waals surface area contributed by atoms with Crippen molar-refractivity contribution in [3.63, 3.8) is 0 Å². The number of fused-ring (bicyclic) bond motifs is 3. The molecule has 4 aromatic rings. The maximum absolute atomic E-state index is 13.5. The van der Waals surface area contributed by atoms with E-state index in [1.165, 1.54) is 0 Å². The molecule has 2 aromatic heterocycles. The van der Waals surface area contributed by atoms with Gasteiger partial charge in [-0.05, 0) is 49.7 Å². The molecule has 11 nitrogen and oxygen atoms in total. The van der Waals surface area contributed by atoms with Crippen LogP contribution in [-0.4, -0.2) is 87.8 Å². The van der Waals surface area contributed by atoms with Crippen LogP contribution in [0.1, 0.15) is 38.1 Å². The van der Waals surface area contributed by atoms with Crippen LogP contribution in [0, 0.1) is 0 Å². The topological polar surface area (TPSA) is 136 Å². The van der Waals surface area contributed by atoms with Crippen LogP contribution in [0.4, 0.5) is 5.82 Å². The average Bonchev–Trinajstić information content (AvgIpc) is 3.38. The number of benzene rings is 2. The number of methoxy groups -OCH3 is 1. The van der Waals surface area contributed by atoms with E-state index in [1.54, 1.807) is 19.2 Å². The van der Waals surface area contributed by atoms with E-state index in [-0.39, 0.29) is 5.91 Å². The number of pyridine rings is 1. The van der Waals surface area contributed by atoms with Gasteiger partial charge in [0.25, 0.3) is 0 Å². The number of aromatic nitrogens is 3. The van der Waals surface area contributed by atoms with E-state index in [4.69, 9.17) is 25.3 Å². The second kappa shape index (κ2) is 15.3. The maximum atomic E-state index is 13.5. The number of ether oxygens (including phenoxy) is 2. The van der Waals surface area contributed by atoms with Crippen molar-refractivity contribution in [1.82, 2.24) is 24.3 Å². The number of carboxylic acid groups (broad SMARTS) is 1. The van der Waals surface area contributed by atoms with Crippen molar-refractivity contribution in [3.05, 3.63) is 59.9 Å². The molecule has 11 heteroatoms. The number of carbonyl (C=O) groups excluding carboxylic acids is 1. The number of carboxylic acids is 1. The number of nitrogens with two attached hydrogens (primary N) is 1. The van der Waals surface area contributed by atoms with Gasteiger partial charge < -0.3 is 29.8 Å². The van der Waals surface area contributed by atoms with Gasteiger partial charge in [0.1, 0.15) is 17.1 Å². The summed E-state index contributed by atoms with van der Waals surface area (Å²) >= 11 is 0. The summed E-state index contributed by atoms with van der Waals surface area (Å²) in [5, 5.41) is 9.97. The summed E-state index contributed by atoms with van der Waals surface area (Å²) in [6.45, 7) is 7.83. The number of amides is 1. The SMILES string of the molecule is CCN(CC)CC(=O)N(CCCCn1c(CCOC)nc2c(N)nc3ccccc3c21)Cc1cccc(OCC(=O)O)c1. The monoisotopic (exact) mass is 590 g/mol. The highest BCUT2D eigenvalue weighted by Crippen LogP contribution is 2.29. The zero-order valence-corrected chi connectivity index (χ0v) is 25.3. The van der Waals surface area contributed by atoms with Crippen LogP contribution < -0.4 is 10.5 Å². The minimum Gasteiger partial charge on any atom is -0.482 e. The van der Waals surface area contributed by atoms with E-state index in [0.717, 1.165) is 53.7 Å². The number of likely N-dealkylation sites (N-methyl/N-ethyl adjacent to an activating group) is 1. The average molecular weight is 591 g/mol. The number of hydrogen-bond acceptors (Lipinski definition) is 8. The van der Waals surface area contributed by atoms with Gasteiger partial charge in [-0.3, -0.25) is 9.69 Å². The summed E-state index contributed by atoms with van der Waals surface area (Å²) in [6.07, 6.45) is 2.24. The Labute approximate surface area is 252 Å². The first-order valence-corrected chi connectivity index (χ1v) is 14.8. The predicted molar refractivity (Wildman–Crippen MR) is 167 cm³/mol. The molecule has 0 saturated carbocycles. The number of carbonyl (C=O) groups is 2. The fourth-order valence-corrected chi connectivity index (χ4v) is 5.23. The van der Waals surface area contributed by atoms with Gasteiger partial charge in [0.2, 0.25) is 5.91 Å². The molecule has 0 saturated heterocycles. The largest absolute Gasteiger partial charge is 0.482 e. The summed E-state index contributed by atoms with van der Waals surface area (Å²) in [5.41, 5.74) is 9.72. The Morgan fingerprint density at radius 2 is 1.84 bits per heavy atom. The fourth-order valence-electron chi connectivity index (χ4n) is 5.23. The molecule has 3 N–H and O–H groups in total. The summed E-state index contributed by atoms with van der Waals surface area (Å²) in [5.74, 6) is 0.791. The predicted octanol–water partition coefficient (Wildman–Crippen LogP) is 3.97. The molecular weight excluding hydrogens is 548 g/mol. The van der Waals surface area contributed by atoms with Gasteiger partial charge in [0.15, 0.2) is 12.4 Å². The molecule has 0 spiro atoms. The zero-order valence-electron chi connectivity index (χ0n) is 25.3. The molecule has 0 radical (unpaired) electrons. The van der Waals surface area contributed by atoms with E-state index in [9.17, 15) is 9.59 Å². The molecule has 1 amide bonds. The number of rotatable bonds is 17. The number of nitrogen functional groups attached to an aromatic ring is 1. The molecule has 0 fully saturated rings. The van der Waals surface area contributed by atoms with Crippen molar-refractivity contribution < 1.29 is 24.2 Å². The fraction of sp³-hybridized carbons (Fsp3) is 0.438. The highest BCUT2D eigenvalue weighted by Gasteiger charge is 2.19. The van der Waals surface area contributed by atoms with Gasteiger partial charge in [-0.2, -0.15) is 0 Å². The van der Waals surface area contributed by atoms with Gasteiger partial charge in [0.05, 0.1) is 24.2 Å². The van der Waals surface area contributed by atoms with E-state index < -0.39 is 12.6 Å². The van der Waals surface area contributed by atoms with Crippen LogP contribution in [0.2, 0.25) is 0 Å². The zero-order chi connectivity index (χ0) is 30.8. The van der Waals surface area contributed by atoms with Crippen molar-refractivity contribution in [2.75, 3.05) is 52.2 Å². The lowest BCUT2D eigenvalue weighted by molar-refractivity contribution is -0.139. The summed E-state index contributed by atoms with van der Waals surface area (Å²) in [7, 11) is 1.68. The quantitative estimate of drug-likeness (QED) is 0.175. The third-order valence-electron chi connectivity index (χ3n) is 7.52. The minimum absolute atomic E-state index is 0.0549. The lowest BCUT2D eigenvalue weighted by Crippen LogP contribution is -2.40. The van der Waals surface area contributed by atoms with Crippen molar-refractivity contribution >= 4 is 39.6 Å². The number of imidazole rings is 1. The second-order valence-electron chi connectivity index (χ2n) is 10.4. The Morgan fingerprint density at radius 1 is 1.05 bits per heavy atom. The summed E-state index contributed by atoms with van der Waals surface area (Å²) < 4.78 is 12.9. The third kappa shape index (κ3) is 8.20. The molecular formula is C32H42N6O5. The van der Waals surface area contributed by atoms with Crippen LogP contribution in [0.25, 0.3) is 21.9 Å². The Bertz CT molecular complexity index is 1530.